The van der Waals surface area contributed by atoms with Crippen molar-refractivity contribution in [3.05, 3.63) is 47.5 Å². The van der Waals surface area contributed by atoms with Crippen LogP contribution in [0.3, 0.4) is 0 Å². The predicted octanol–water partition coefficient (Wildman–Crippen LogP) is 4.26. The molecule has 0 bridgehead atoms. The second-order valence-corrected chi connectivity index (χ2v) is 6.69. The molecule has 2 rings (SSSR count). The van der Waals surface area contributed by atoms with Gasteiger partial charge in [0.25, 0.3) is 5.91 Å². The van der Waals surface area contributed by atoms with Gasteiger partial charge in [0.2, 0.25) is 0 Å². The molecule has 0 radical (unpaired) electrons. The van der Waals surface area contributed by atoms with Crippen molar-refractivity contribution in [3.63, 3.8) is 0 Å². The van der Waals surface area contributed by atoms with Gasteiger partial charge in [0, 0.05) is 6.07 Å². The Labute approximate surface area is 148 Å². The predicted molar refractivity (Wildman–Crippen MR) is 99.2 cm³/mol. The third-order valence-corrected chi connectivity index (χ3v) is 3.97. The van der Waals surface area contributed by atoms with E-state index < -0.39 is 0 Å². The van der Waals surface area contributed by atoms with Gasteiger partial charge in [0.1, 0.15) is 17.2 Å². The standard InChI is InChI=1S/C20H25NO4/c1-20(2,3)13-7-10-17(24-5)16(11-13)21-19(22)15-9-8-14(23-4)12-18(15)25-6/h7-12H,1-6H3,(H,21,22). The van der Waals surface area contributed by atoms with Crippen molar-refractivity contribution < 1.29 is 19.0 Å². The van der Waals surface area contributed by atoms with E-state index in [0.717, 1.165) is 5.56 Å². The van der Waals surface area contributed by atoms with Crippen LogP contribution in [0.2, 0.25) is 0 Å². The van der Waals surface area contributed by atoms with Crippen molar-refractivity contribution in [2.75, 3.05) is 26.6 Å². The van der Waals surface area contributed by atoms with Gasteiger partial charge < -0.3 is 19.5 Å². The third-order valence-electron chi connectivity index (χ3n) is 3.97. The van der Waals surface area contributed by atoms with E-state index in [1.165, 1.54) is 7.11 Å². The summed E-state index contributed by atoms with van der Waals surface area (Å²) in [4.78, 5) is 12.7. The number of hydrogen-bond acceptors (Lipinski definition) is 4. The van der Waals surface area contributed by atoms with E-state index in [1.54, 1.807) is 32.4 Å². The number of carbonyl (C=O) groups is 1. The lowest BCUT2D eigenvalue weighted by Crippen LogP contribution is -2.16. The third kappa shape index (κ3) is 4.24. The van der Waals surface area contributed by atoms with Crippen molar-refractivity contribution in [2.24, 2.45) is 0 Å². The lowest BCUT2D eigenvalue weighted by Gasteiger charge is -2.21. The topological polar surface area (TPSA) is 56.8 Å². The molecule has 25 heavy (non-hydrogen) atoms. The van der Waals surface area contributed by atoms with Crippen LogP contribution in [0, 0.1) is 0 Å². The average molecular weight is 343 g/mol. The molecule has 0 heterocycles. The summed E-state index contributed by atoms with van der Waals surface area (Å²) in [6.45, 7) is 6.35. The molecular formula is C20H25NO4. The normalized spacial score (nSPS) is 11.0. The molecule has 1 N–H and O–H groups in total. The molecule has 0 aromatic heterocycles. The van der Waals surface area contributed by atoms with Crippen LogP contribution in [0.1, 0.15) is 36.7 Å². The molecule has 0 aliphatic heterocycles. The van der Waals surface area contributed by atoms with Gasteiger partial charge >= 0.3 is 0 Å². The maximum Gasteiger partial charge on any atom is 0.259 e. The second kappa shape index (κ2) is 7.47. The maximum absolute atomic E-state index is 12.7. The zero-order valence-electron chi connectivity index (χ0n) is 15.6. The highest BCUT2D eigenvalue weighted by molar-refractivity contribution is 6.07. The molecule has 0 fully saturated rings. The summed E-state index contributed by atoms with van der Waals surface area (Å²) in [5.41, 5.74) is 2.11. The van der Waals surface area contributed by atoms with Crippen molar-refractivity contribution in [3.8, 4) is 17.2 Å². The number of rotatable bonds is 5. The smallest absolute Gasteiger partial charge is 0.259 e. The first-order valence-electron chi connectivity index (χ1n) is 8.02. The molecule has 0 unspecified atom stereocenters. The number of anilines is 1. The molecule has 5 nitrogen and oxygen atoms in total. The highest BCUT2D eigenvalue weighted by atomic mass is 16.5. The minimum atomic E-state index is -0.274. The molecule has 0 atom stereocenters. The number of benzene rings is 2. The van der Waals surface area contributed by atoms with Gasteiger partial charge in [-0.05, 0) is 35.2 Å². The van der Waals surface area contributed by atoms with Crippen molar-refractivity contribution in [1.29, 1.82) is 0 Å². The minimum absolute atomic E-state index is 0.0381. The summed E-state index contributed by atoms with van der Waals surface area (Å²) in [5.74, 6) is 1.40. The fraction of sp³-hybridized carbons (Fsp3) is 0.350. The summed E-state index contributed by atoms with van der Waals surface area (Å²) in [5, 5.41) is 2.92. The van der Waals surface area contributed by atoms with Gasteiger partial charge in [-0.3, -0.25) is 4.79 Å². The van der Waals surface area contributed by atoms with E-state index in [-0.39, 0.29) is 11.3 Å². The Bertz CT molecular complexity index is 763. The molecule has 0 aliphatic carbocycles. The summed E-state index contributed by atoms with van der Waals surface area (Å²) in [6.07, 6.45) is 0. The Morgan fingerprint density at radius 3 is 2.12 bits per heavy atom. The number of amides is 1. The summed E-state index contributed by atoms with van der Waals surface area (Å²) in [7, 11) is 4.67. The van der Waals surface area contributed by atoms with Crippen molar-refractivity contribution in [2.45, 2.75) is 26.2 Å². The largest absolute Gasteiger partial charge is 0.497 e. The van der Waals surface area contributed by atoms with Crippen LogP contribution in [0.25, 0.3) is 0 Å². The van der Waals surface area contributed by atoms with Crippen LogP contribution >= 0.6 is 0 Å². The van der Waals surface area contributed by atoms with E-state index in [1.807, 2.05) is 18.2 Å². The van der Waals surface area contributed by atoms with E-state index in [4.69, 9.17) is 14.2 Å². The van der Waals surface area contributed by atoms with E-state index >= 15 is 0 Å². The Kier molecular flexibility index (Phi) is 5.57. The van der Waals surface area contributed by atoms with Gasteiger partial charge in [-0.25, -0.2) is 0 Å². The Hall–Kier alpha value is -2.69. The first-order valence-corrected chi connectivity index (χ1v) is 8.02. The fourth-order valence-electron chi connectivity index (χ4n) is 2.45. The van der Waals surface area contributed by atoms with Crippen LogP contribution in [-0.2, 0) is 5.41 Å². The number of carbonyl (C=O) groups excluding carboxylic acids is 1. The Morgan fingerprint density at radius 1 is 0.880 bits per heavy atom. The first-order chi connectivity index (χ1) is 11.8. The van der Waals surface area contributed by atoms with Gasteiger partial charge in [0.15, 0.2) is 0 Å². The lowest BCUT2D eigenvalue weighted by atomic mass is 9.87. The number of methoxy groups -OCH3 is 3. The zero-order valence-corrected chi connectivity index (χ0v) is 15.6. The van der Waals surface area contributed by atoms with Crippen molar-refractivity contribution in [1.82, 2.24) is 0 Å². The Balaban J connectivity index is 2.37. The summed E-state index contributed by atoms with van der Waals surface area (Å²) < 4.78 is 15.9. The highest BCUT2D eigenvalue weighted by Crippen LogP contribution is 2.32. The molecule has 0 saturated carbocycles. The molecule has 134 valence electrons. The fourth-order valence-corrected chi connectivity index (χ4v) is 2.45. The number of nitrogens with one attached hydrogen (secondary N) is 1. The SMILES string of the molecule is COc1ccc(C(=O)Nc2cc(C(C)(C)C)ccc2OC)c(OC)c1. The monoisotopic (exact) mass is 343 g/mol. The minimum Gasteiger partial charge on any atom is -0.497 e. The van der Waals surface area contributed by atoms with Gasteiger partial charge in [-0.2, -0.15) is 0 Å². The van der Waals surface area contributed by atoms with Gasteiger partial charge in [-0.15, -0.1) is 0 Å². The summed E-state index contributed by atoms with van der Waals surface area (Å²) in [6, 6.07) is 10.9. The average Bonchev–Trinajstić information content (AvgIpc) is 2.60. The van der Waals surface area contributed by atoms with Crippen LogP contribution in [0.15, 0.2) is 36.4 Å². The quantitative estimate of drug-likeness (QED) is 0.881. The maximum atomic E-state index is 12.7. The molecule has 2 aromatic rings. The van der Waals surface area contributed by atoms with Crippen LogP contribution in [-0.4, -0.2) is 27.2 Å². The molecule has 5 heteroatoms. The van der Waals surface area contributed by atoms with Crippen LogP contribution in [0.4, 0.5) is 5.69 Å². The molecular weight excluding hydrogens is 318 g/mol. The van der Waals surface area contributed by atoms with E-state index in [2.05, 4.69) is 26.1 Å². The number of ether oxygens (including phenoxy) is 3. The Morgan fingerprint density at radius 2 is 1.56 bits per heavy atom. The molecule has 0 aliphatic rings. The zero-order chi connectivity index (χ0) is 18.6. The highest BCUT2D eigenvalue weighted by Gasteiger charge is 2.19. The summed E-state index contributed by atoms with van der Waals surface area (Å²) >= 11 is 0. The van der Waals surface area contributed by atoms with Crippen molar-refractivity contribution >= 4 is 11.6 Å². The van der Waals surface area contributed by atoms with Crippen LogP contribution in [0.5, 0.6) is 17.2 Å². The lowest BCUT2D eigenvalue weighted by molar-refractivity contribution is 0.102. The van der Waals surface area contributed by atoms with Gasteiger partial charge in [-0.1, -0.05) is 26.8 Å². The first kappa shape index (κ1) is 18.6. The van der Waals surface area contributed by atoms with E-state index in [9.17, 15) is 4.79 Å². The van der Waals surface area contributed by atoms with E-state index in [0.29, 0.717) is 28.5 Å². The molecule has 2 aromatic carbocycles. The van der Waals surface area contributed by atoms with Gasteiger partial charge in [0.05, 0.1) is 32.6 Å². The van der Waals surface area contributed by atoms with Crippen LogP contribution < -0.4 is 19.5 Å². The molecule has 1 amide bonds. The number of hydrogen-bond donors (Lipinski definition) is 1. The second-order valence-electron chi connectivity index (χ2n) is 6.69. The molecule has 0 saturated heterocycles. The molecule has 0 spiro atoms.